The van der Waals surface area contributed by atoms with Gasteiger partial charge in [0.05, 0.1) is 12.1 Å². The molecule has 22 heavy (non-hydrogen) atoms. The van der Waals surface area contributed by atoms with Crippen molar-refractivity contribution in [1.82, 2.24) is 0 Å². The van der Waals surface area contributed by atoms with E-state index in [9.17, 15) is 9.59 Å². The summed E-state index contributed by atoms with van der Waals surface area (Å²) >= 11 is 6.22. The van der Waals surface area contributed by atoms with Gasteiger partial charge >= 0.3 is 11.6 Å². The Hall–Kier alpha value is -2.01. The van der Waals surface area contributed by atoms with E-state index in [1.165, 1.54) is 7.11 Å². The Labute approximate surface area is 131 Å². The monoisotopic (exact) mass is 322 g/mol. The molecule has 5 nitrogen and oxygen atoms in total. The number of benzene rings is 1. The van der Waals surface area contributed by atoms with Gasteiger partial charge in [0.25, 0.3) is 0 Å². The molecule has 116 valence electrons. The van der Waals surface area contributed by atoms with Crippen LogP contribution in [0.4, 0.5) is 0 Å². The summed E-state index contributed by atoms with van der Waals surface area (Å²) in [5.74, 6) is -0.221. The number of esters is 1. The van der Waals surface area contributed by atoms with Gasteiger partial charge in [-0.05, 0) is 37.3 Å². The molecule has 1 aromatic heterocycles. The number of fused-ring (bicyclic) bond motifs is 3. The summed E-state index contributed by atoms with van der Waals surface area (Å²) in [6.07, 6.45) is 3.63. The summed E-state index contributed by atoms with van der Waals surface area (Å²) in [5, 5.41) is 1.21. The van der Waals surface area contributed by atoms with Crippen LogP contribution in [0.1, 0.15) is 24.0 Å². The number of aryl methyl sites for hydroxylation is 1. The number of carbonyl (C=O) groups is 1. The quantitative estimate of drug-likeness (QED) is 0.642. The molecule has 0 spiro atoms. The van der Waals surface area contributed by atoms with Crippen LogP contribution in [0.3, 0.4) is 0 Å². The van der Waals surface area contributed by atoms with E-state index in [4.69, 9.17) is 20.8 Å². The van der Waals surface area contributed by atoms with E-state index in [0.29, 0.717) is 16.4 Å². The van der Waals surface area contributed by atoms with Crippen LogP contribution < -0.4 is 10.4 Å². The second-order valence-corrected chi connectivity index (χ2v) is 5.60. The van der Waals surface area contributed by atoms with Gasteiger partial charge in [0.15, 0.2) is 6.61 Å². The highest BCUT2D eigenvalue weighted by Gasteiger charge is 2.19. The van der Waals surface area contributed by atoms with E-state index in [2.05, 4.69) is 4.74 Å². The van der Waals surface area contributed by atoms with Crippen molar-refractivity contribution in [1.29, 1.82) is 0 Å². The normalized spacial score (nSPS) is 13.7. The topological polar surface area (TPSA) is 65.7 Å². The molecule has 3 rings (SSSR count). The van der Waals surface area contributed by atoms with Gasteiger partial charge in [-0.1, -0.05) is 11.6 Å². The molecule has 1 aliphatic rings. The van der Waals surface area contributed by atoms with E-state index in [0.717, 1.165) is 42.2 Å². The number of halogens is 1. The highest BCUT2D eigenvalue weighted by Crippen LogP contribution is 2.34. The molecule has 2 aromatic rings. The van der Waals surface area contributed by atoms with Crippen LogP contribution >= 0.6 is 11.6 Å². The van der Waals surface area contributed by atoms with Crippen LogP contribution in [0.15, 0.2) is 21.3 Å². The van der Waals surface area contributed by atoms with Gasteiger partial charge in [-0.15, -0.1) is 0 Å². The number of hydrogen-bond acceptors (Lipinski definition) is 5. The van der Waals surface area contributed by atoms with Crippen LogP contribution in [0.25, 0.3) is 11.0 Å². The molecule has 0 N–H and O–H groups in total. The Morgan fingerprint density at radius 2 is 2.00 bits per heavy atom. The zero-order valence-corrected chi connectivity index (χ0v) is 12.9. The lowest BCUT2D eigenvalue weighted by Gasteiger charge is -2.17. The average molecular weight is 323 g/mol. The van der Waals surface area contributed by atoms with E-state index in [1.807, 2.05) is 0 Å². The fourth-order valence-corrected chi connectivity index (χ4v) is 2.97. The van der Waals surface area contributed by atoms with Crippen molar-refractivity contribution in [2.45, 2.75) is 25.7 Å². The SMILES string of the molecule is COC(=O)COc1cc2oc(=O)c3c(c2cc1Cl)CCCC3. The molecule has 0 radical (unpaired) electrons. The highest BCUT2D eigenvalue weighted by atomic mass is 35.5. The minimum absolute atomic E-state index is 0.253. The number of carbonyl (C=O) groups excluding carboxylic acids is 1. The van der Waals surface area contributed by atoms with Crippen LogP contribution in [0, 0.1) is 0 Å². The first-order chi connectivity index (χ1) is 10.6. The fraction of sp³-hybridized carbons (Fsp3) is 0.375. The largest absolute Gasteiger partial charge is 0.480 e. The van der Waals surface area contributed by atoms with Crippen molar-refractivity contribution in [3.05, 3.63) is 38.7 Å². The van der Waals surface area contributed by atoms with Crippen LogP contribution in [0.2, 0.25) is 5.02 Å². The van der Waals surface area contributed by atoms with E-state index >= 15 is 0 Å². The third-order valence-electron chi connectivity index (χ3n) is 3.85. The van der Waals surface area contributed by atoms with Crippen LogP contribution in [-0.2, 0) is 22.4 Å². The first kappa shape index (κ1) is 14.9. The zero-order valence-electron chi connectivity index (χ0n) is 12.1. The molecule has 1 aliphatic carbocycles. The predicted octanol–water partition coefficient (Wildman–Crippen LogP) is 2.88. The maximum absolute atomic E-state index is 12.1. The van der Waals surface area contributed by atoms with E-state index in [1.54, 1.807) is 12.1 Å². The highest BCUT2D eigenvalue weighted by molar-refractivity contribution is 6.32. The molecule has 0 saturated heterocycles. The molecule has 0 fully saturated rings. The van der Waals surface area contributed by atoms with Gasteiger partial charge < -0.3 is 13.9 Å². The maximum atomic E-state index is 12.1. The van der Waals surface area contributed by atoms with Crippen molar-refractivity contribution < 1.29 is 18.7 Å². The summed E-state index contributed by atoms with van der Waals surface area (Å²) in [6, 6.07) is 3.29. The van der Waals surface area contributed by atoms with E-state index < -0.39 is 5.97 Å². The Morgan fingerprint density at radius 3 is 2.73 bits per heavy atom. The Kier molecular flexibility index (Phi) is 4.07. The second-order valence-electron chi connectivity index (χ2n) is 5.20. The average Bonchev–Trinajstić information content (AvgIpc) is 2.54. The minimum atomic E-state index is -0.511. The summed E-state index contributed by atoms with van der Waals surface area (Å²) < 4.78 is 15.2. The Morgan fingerprint density at radius 1 is 1.27 bits per heavy atom. The molecule has 0 amide bonds. The molecule has 0 saturated carbocycles. The molecule has 0 aliphatic heterocycles. The summed E-state index contributed by atoms with van der Waals surface area (Å²) in [5.41, 5.74) is 1.88. The van der Waals surface area contributed by atoms with Crippen molar-refractivity contribution in [2.24, 2.45) is 0 Å². The molecule has 0 atom stereocenters. The molecule has 1 aromatic carbocycles. The first-order valence-corrected chi connectivity index (χ1v) is 7.45. The molecule has 0 bridgehead atoms. The Bertz CT molecular complexity index is 793. The lowest BCUT2D eigenvalue weighted by molar-refractivity contribution is -0.142. The predicted molar refractivity (Wildman–Crippen MR) is 81.6 cm³/mol. The van der Waals surface area contributed by atoms with Crippen molar-refractivity contribution >= 4 is 28.5 Å². The lowest BCUT2D eigenvalue weighted by Crippen LogP contribution is -2.16. The molecular formula is C16H15ClO5. The van der Waals surface area contributed by atoms with Gasteiger partial charge in [-0.2, -0.15) is 0 Å². The lowest BCUT2D eigenvalue weighted by atomic mass is 9.91. The number of ether oxygens (including phenoxy) is 2. The minimum Gasteiger partial charge on any atom is -0.480 e. The van der Waals surface area contributed by atoms with Gasteiger partial charge in [0.1, 0.15) is 11.3 Å². The van der Waals surface area contributed by atoms with Gasteiger partial charge in [-0.3, -0.25) is 0 Å². The summed E-state index contributed by atoms with van der Waals surface area (Å²) in [6.45, 7) is -0.253. The second kappa shape index (κ2) is 6.01. The van der Waals surface area contributed by atoms with Gasteiger partial charge in [-0.25, -0.2) is 9.59 Å². The third kappa shape index (κ3) is 2.68. The van der Waals surface area contributed by atoms with E-state index in [-0.39, 0.29) is 12.2 Å². The smallest absolute Gasteiger partial charge is 0.343 e. The molecule has 6 heteroatoms. The molecule has 0 unspecified atom stereocenters. The number of rotatable bonds is 3. The first-order valence-electron chi connectivity index (χ1n) is 7.08. The van der Waals surface area contributed by atoms with Gasteiger partial charge in [0.2, 0.25) is 0 Å². The number of methoxy groups -OCH3 is 1. The third-order valence-corrected chi connectivity index (χ3v) is 4.14. The summed E-state index contributed by atoms with van der Waals surface area (Å²) in [4.78, 5) is 23.2. The van der Waals surface area contributed by atoms with Gasteiger partial charge in [0, 0.05) is 17.0 Å². The van der Waals surface area contributed by atoms with Crippen molar-refractivity contribution in [2.75, 3.05) is 13.7 Å². The molecule has 1 heterocycles. The molecular weight excluding hydrogens is 308 g/mol. The Balaban J connectivity index is 2.06. The summed E-state index contributed by atoms with van der Waals surface area (Å²) in [7, 11) is 1.28. The standard InChI is InChI=1S/C16H15ClO5/c1-20-15(18)8-21-14-7-13-11(6-12(14)17)9-4-2-3-5-10(9)16(19)22-13/h6-7H,2-5,8H2,1H3. The fourth-order valence-electron chi connectivity index (χ4n) is 2.75. The number of hydrogen-bond donors (Lipinski definition) is 0. The van der Waals surface area contributed by atoms with Crippen LogP contribution in [0.5, 0.6) is 5.75 Å². The van der Waals surface area contributed by atoms with Crippen molar-refractivity contribution in [3.8, 4) is 5.75 Å². The van der Waals surface area contributed by atoms with Crippen molar-refractivity contribution in [3.63, 3.8) is 0 Å². The van der Waals surface area contributed by atoms with Crippen LogP contribution in [-0.4, -0.2) is 19.7 Å². The maximum Gasteiger partial charge on any atom is 0.343 e. The zero-order chi connectivity index (χ0) is 15.7.